The molecule has 1 atom stereocenters. The van der Waals surface area contributed by atoms with E-state index >= 15 is 0 Å². The first-order valence-electron chi connectivity index (χ1n) is 5.07. The van der Waals surface area contributed by atoms with Crippen LogP contribution in [0.15, 0.2) is 18.3 Å². The van der Waals surface area contributed by atoms with E-state index in [1.165, 1.54) is 0 Å². The van der Waals surface area contributed by atoms with Gasteiger partial charge in [0, 0.05) is 19.6 Å². The van der Waals surface area contributed by atoms with Crippen molar-refractivity contribution in [3.63, 3.8) is 0 Å². The number of hydrogen-bond donors (Lipinski definition) is 1. The van der Waals surface area contributed by atoms with Gasteiger partial charge in [-0.15, -0.1) is 0 Å². The second kappa shape index (κ2) is 4.96. The number of aromatic nitrogens is 1. The molecule has 1 aromatic heterocycles. The third-order valence-corrected chi connectivity index (χ3v) is 2.24. The minimum absolute atomic E-state index is 0.0144. The van der Waals surface area contributed by atoms with E-state index in [0.717, 1.165) is 24.3 Å². The summed E-state index contributed by atoms with van der Waals surface area (Å²) in [4.78, 5) is 6.51. The van der Waals surface area contributed by atoms with Gasteiger partial charge in [0.25, 0.3) is 0 Å². The van der Waals surface area contributed by atoms with Crippen molar-refractivity contribution < 1.29 is 0 Å². The maximum Gasteiger partial charge on any atom is 0.0569 e. The van der Waals surface area contributed by atoms with Gasteiger partial charge in [0.2, 0.25) is 0 Å². The van der Waals surface area contributed by atoms with Gasteiger partial charge in [0.15, 0.2) is 0 Å². The first kappa shape index (κ1) is 11.0. The van der Waals surface area contributed by atoms with Gasteiger partial charge in [-0.2, -0.15) is 0 Å². The molecule has 0 spiro atoms. The summed E-state index contributed by atoms with van der Waals surface area (Å²) < 4.78 is 0. The van der Waals surface area contributed by atoms with Crippen LogP contribution in [0.1, 0.15) is 32.0 Å². The monoisotopic (exact) mass is 193 g/mol. The molecule has 0 saturated carbocycles. The van der Waals surface area contributed by atoms with E-state index in [1.54, 1.807) is 0 Å². The Morgan fingerprint density at radius 1 is 1.50 bits per heavy atom. The molecule has 0 aromatic carbocycles. The molecular weight excluding hydrogens is 174 g/mol. The molecule has 1 heterocycles. The van der Waals surface area contributed by atoms with Crippen molar-refractivity contribution in [1.82, 2.24) is 4.98 Å². The van der Waals surface area contributed by atoms with Crippen molar-refractivity contribution in [3.8, 4) is 0 Å². The first-order chi connectivity index (χ1) is 6.65. The topological polar surface area (TPSA) is 42.1 Å². The van der Waals surface area contributed by atoms with E-state index in [2.05, 4.69) is 29.9 Å². The summed E-state index contributed by atoms with van der Waals surface area (Å²) in [5.74, 6) is 0. The Bertz CT molecular complexity index is 266. The fraction of sp³-hybridized carbons (Fsp3) is 0.545. The molecule has 0 aliphatic heterocycles. The van der Waals surface area contributed by atoms with Gasteiger partial charge in [-0.25, -0.2) is 0 Å². The minimum atomic E-state index is 0.0144. The van der Waals surface area contributed by atoms with E-state index in [1.807, 2.05) is 19.2 Å². The average molecular weight is 193 g/mol. The summed E-state index contributed by atoms with van der Waals surface area (Å²) >= 11 is 0. The van der Waals surface area contributed by atoms with E-state index < -0.39 is 0 Å². The van der Waals surface area contributed by atoms with Crippen LogP contribution in [0.2, 0.25) is 0 Å². The quantitative estimate of drug-likeness (QED) is 0.794. The van der Waals surface area contributed by atoms with Crippen molar-refractivity contribution in [2.75, 3.05) is 18.5 Å². The Balaban J connectivity index is 2.72. The summed E-state index contributed by atoms with van der Waals surface area (Å²) in [6.45, 7) is 5.16. The van der Waals surface area contributed by atoms with E-state index in [-0.39, 0.29) is 6.04 Å². The van der Waals surface area contributed by atoms with Crippen LogP contribution < -0.4 is 10.6 Å². The smallest absolute Gasteiger partial charge is 0.0569 e. The Labute approximate surface area is 85.9 Å². The number of nitrogens with two attached hydrogens (primary N) is 1. The van der Waals surface area contributed by atoms with Gasteiger partial charge in [-0.3, -0.25) is 4.98 Å². The molecule has 0 radical (unpaired) electrons. The lowest BCUT2D eigenvalue weighted by molar-refractivity contribution is 0.777. The molecule has 0 bridgehead atoms. The fourth-order valence-corrected chi connectivity index (χ4v) is 1.36. The predicted octanol–water partition coefficient (Wildman–Crippen LogP) is 1.95. The first-order valence-corrected chi connectivity index (χ1v) is 5.07. The van der Waals surface area contributed by atoms with E-state index in [4.69, 9.17) is 5.73 Å². The van der Waals surface area contributed by atoms with E-state index in [9.17, 15) is 0 Å². The predicted molar refractivity (Wildman–Crippen MR) is 60.4 cm³/mol. The van der Waals surface area contributed by atoms with Crippen molar-refractivity contribution >= 4 is 5.69 Å². The highest BCUT2D eigenvalue weighted by molar-refractivity contribution is 5.43. The van der Waals surface area contributed by atoms with Crippen molar-refractivity contribution in [3.05, 3.63) is 24.0 Å². The molecular formula is C11H19N3. The standard InChI is InChI=1S/C11H19N3/c1-4-7-14(3)10-5-6-11(9(2)12)13-8-10/h5-6,8-9H,4,7,12H2,1-3H3/t9-/m1/s1. The van der Waals surface area contributed by atoms with Gasteiger partial charge < -0.3 is 10.6 Å². The van der Waals surface area contributed by atoms with Crippen molar-refractivity contribution in [2.24, 2.45) is 5.73 Å². The molecule has 78 valence electrons. The molecule has 0 unspecified atom stereocenters. The molecule has 1 aromatic rings. The lowest BCUT2D eigenvalue weighted by Gasteiger charge is -2.18. The number of pyridine rings is 1. The summed E-state index contributed by atoms with van der Waals surface area (Å²) in [6.07, 6.45) is 3.03. The zero-order valence-corrected chi connectivity index (χ0v) is 9.20. The molecule has 0 amide bonds. The Morgan fingerprint density at radius 2 is 2.21 bits per heavy atom. The second-order valence-electron chi connectivity index (χ2n) is 3.65. The van der Waals surface area contributed by atoms with Gasteiger partial charge in [0.1, 0.15) is 0 Å². The van der Waals surface area contributed by atoms with E-state index in [0.29, 0.717) is 0 Å². The van der Waals surface area contributed by atoms with Gasteiger partial charge in [0.05, 0.1) is 17.6 Å². The average Bonchev–Trinajstić information content (AvgIpc) is 2.18. The third-order valence-electron chi connectivity index (χ3n) is 2.24. The lowest BCUT2D eigenvalue weighted by Crippen LogP contribution is -2.18. The highest BCUT2D eigenvalue weighted by Crippen LogP contribution is 2.14. The summed E-state index contributed by atoms with van der Waals surface area (Å²) in [6, 6.07) is 4.08. The van der Waals surface area contributed by atoms with Crippen molar-refractivity contribution in [2.45, 2.75) is 26.3 Å². The molecule has 1 rings (SSSR count). The molecule has 14 heavy (non-hydrogen) atoms. The largest absolute Gasteiger partial charge is 0.373 e. The molecule has 3 heteroatoms. The van der Waals surface area contributed by atoms with Crippen LogP contribution in [0.5, 0.6) is 0 Å². The zero-order valence-electron chi connectivity index (χ0n) is 9.20. The maximum absolute atomic E-state index is 5.72. The van der Waals surface area contributed by atoms with Crippen molar-refractivity contribution in [1.29, 1.82) is 0 Å². The number of hydrogen-bond acceptors (Lipinski definition) is 3. The summed E-state index contributed by atoms with van der Waals surface area (Å²) in [5.41, 5.74) is 7.81. The Hall–Kier alpha value is -1.09. The van der Waals surface area contributed by atoms with Crippen LogP contribution in [-0.2, 0) is 0 Å². The molecule has 0 fully saturated rings. The Morgan fingerprint density at radius 3 is 2.64 bits per heavy atom. The molecule has 2 N–H and O–H groups in total. The maximum atomic E-state index is 5.72. The number of rotatable bonds is 4. The fourth-order valence-electron chi connectivity index (χ4n) is 1.36. The zero-order chi connectivity index (χ0) is 10.6. The normalized spacial score (nSPS) is 12.6. The lowest BCUT2D eigenvalue weighted by atomic mass is 10.2. The molecule has 3 nitrogen and oxygen atoms in total. The molecule has 0 saturated heterocycles. The number of anilines is 1. The van der Waals surface area contributed by atoms with Crippen LogP contribution in [0.4, 0.5) is 5.69 Å². The van der Waals surface area contributed by atoms with Crippen LogP contribution in [0.25, 0.3) is 0 Å². The van der Waals surface area contributed by atoms with Gasteiger partial charge in [-0.05, 0) is 25.5 Å². The van der Waals surface area contributed by atoms with Crippen LogP contribution in [0.3, 0.4) is 0 Å². The summed E-state index contributed by atoms with van der Waals surface area (Å²) in [5, 5.41) is 0. The van der Waals surface area contributed by atoms with Crippen LogP contribution >= 0.6 is 0 Å². The minimum Gasteiger partial charge on any atom is -0.373 e. The SMILES string of the molecule is CCCN(C)c1ccc([C@@H](C)N)nc1. The second-order valence-corrected chi connectivity index (χ2v) is 3.65. The van der Waals surface area contributed by atoms with Crippen LogP contribution in [-0.4, -0.2) is 18.6 Å². The van der Waals surface area contributed by atoms with Gasteiger partial charge in [-0.1, -0.05) is 6.92 Å². The summed E-state index contributed by atoms with van der Waals surface area (Å²) in [7, 11) is 2.08. The van der Waals surface area contributed by atoms with Gasteiger partial charge >= 0.3 is 0 Å². The molecule has 0 aliphatic carbocycles. The number of nitrogens with zero attached hydrogens (tertiary/aromatic N) is 2. The Kier molecular flexibility index (Phi) is 3.89. The highest BCUT2D eigenvalue weighted by atomic mass is 15.1. The highest BCUT2D eigenvalue weighted by Gasteiger charge is 2.02. The third kappa shape index (κ3) is 2.70. The van der Waals surface area contributed by atoms with Crippen LogP contribution in [0, 0.1) is 0 Å². The molecule has 0 aliphatic rings.